The average molecular weight is 402 g/mol. The zero-order chi connectivity index (χ0) is 21.4. The molecule has 0 fully saturated rings. The summed E-state index contributed by atoms with van der Waals surface area (Å²) >= 11 is 0. The number of nitro groups is 1. The summed E-state index contributed by atoms with van der Waals surface area (Å²) in [6.07, 6.45) is 1.17. The molecule has 0 aliphatic carbocycles. The fourth-order valence-corrected chi connectivity index (χ4v) is 2.23. The molecule has 3 N–H and O–H groups in total. The molecule has 0 aliphatic rings. The molecule has 2 aromatic carbocycles. The fraction of sp³-hybridized carbons (Fsp3) is 0.167. The lowest BCUT2D eigenvalue weighted by Gasteiger charge is -2.09. The van der Waals surface area contributed by atoms with E-state index in [2.05, 4.69) is 15.8 Å². The minimum absolute atomic E-state index is 0.273. The van der Waals surface area contributed by atoms with Crippen molar-refractivity contribution in [2.45, 2.75) is 0 Å². The predicted molar refractivity (Wildman–Crippen MR) is 102 cm³/mol. The third-order valence-corrected chi connectivity index (χ3v) is 3.65. The van der Waals surface area contributed by atoms with Gasteiger partial charge in [-0.1, -0.05) is 0 Å². The van der Waals surface area contributed by atoms with Crippen molar-refractivity contribution in [3.8, 4) is 17.2 Å². The van der Waals surface area contributed by atoms with Crippen LogP contribution in [0.5, 0.6) is 17.2 Å². The third-order valence-electron chi connectivity index (χ3n) is 3.65. The Morgan fingerprint density at radius 3 is 2.55 bits per heavy atom. The Bertz CT molecular complexity index is 959. The molecule has 2 amide bonds. The van der Waals surface area contributed by atoms with Crippen LogP contribution < -0.4 is 20.2 Å². The van der Waals surface area contributed by atoms with E-state index in [1.165, 1.54) is 38.6 Å². The number of hydrogen-bond acceptors (Lipinski definition) is 8. The number of phenolic OH excluding ortho intramolecular Hbond substituents is 1. The zero-order valence-electron chi connectivity index (χ0n) is 15.5. The Kier molecular flexibility index (Phi) is 7.07. The number of amides is 2. The summed E-state index contributed by atoms with van der Waals surface area (Å²) in [5.41, 5.74) is 2.27. The van der Waals surface area contributed by atoms with Gasteiger partial charge in [-0.25, -0.2) is 5.43 Å². The summed E-state index contributed by atoms with van der Waals surface area (Å²) in [5.74, 6) is -0.751. The lowest BCUT2D eigenvalue weighted by molar-refractivity contribution is -0.385. The predicted octanol–water partition coefficient (Wildman–Crippen LogP) is 1.20. The van der Waals surface area contributed by atoms with Gasteiger partial charge in [0.2, 0.25) is 0 Å². The molecule has 29 heavy (non-hydrogen) atoms. The highest BCUT2D eigenvalue weighted by atomic mass is 16.6. The van der Waals surface area contributed by atoms with Gasteiger partial charge in [0.15, 0.2) is 17.2 Å². The Hall–Kier alpha value is -4.15. The molecule has 0 saturated heterocycles. The number of benzene rings is 2. The number of hydrogen-bond donors (Lipinski definition) is 3. The van der Waals surface area contributed by atoms with Gasteiger partial charge in [0.05, 0.1) is 31.9 Å². The van der Waals surface area contributed by atoms with Crippen molar-refractivity contribution in [2.24, 2.45) is 5.10 Å². The van der Waals surface area contributed by atoms with Crippen LogP contribution in [0.4, 0.5) is 5.69 Å². The Morgan fingerprint density at radius 2 is 1.90 bits per heavy atom. The first-order valence-electron chi connectivity index (χ1n) is 8.15. The van der Waals surface area contributed by atoms with E-state index in [0.717, 1.165) is 12.1 Å². The van der Waals surface area contributed by atoms with E-state index in [-0.39, 0.29) is 12.1 Å². The number of aromatic hydroxyl groups is 1. The molecule has 0 aromatic heterocycles. The summed E-state index contributed by atoms with van der Waals surface area (Å²) in [6, 6.07) is 8.19. The number of nitrogens with one attached hydrogen (secondary N) is 2. The number of nitro benzene ring substituents is 1. The van der Waals surface area contributed by atoms with Gasteiger partial charge in [0, 0.05) is 17.2 Å². The molecule has 11 heteroatoms. The Morgan fingerprint density at radius 1 is 1.17 bits per heavy atom. The van der Waals surface area contributed by atoms with Crippen molar-refractivity contribution in [1.29, 1.82) is 0 Å². The maximum Gasteiger partial charge on any atom is 0.311 e. The number of rotatable bonds is 8. The standard InChI is InChI=1S/C18H18N4O7/c1-28-15-6-4-12(8-16(15)29-2)18(25)19-10-17(24)21-20-9-11-3-5-14(23)13(7-11)22(26)27/h3-9,23H,10H2,1-2H3,(H,19,25)(H,21,24)/b20-9-. The molecule has 0 bridgehead atoms. The molecule has 0 heterocycles. The lowest BCUT2D eigenvalue weighted by atomic mass is 10.2. The lowest BCUT2D eigenvalue weighted by Crippen LogP contribution is -2.34. The van der Waals surface area contributed by atoms with E-state index in [1.807, 2.05) is 0 Å². The van der Waals surface area contributed by atoms with Gasteiger partial charge in [-0.05, 0) is 30.3 Å². The molecule has 0 saturated carbocycles. The monoisotopic (exact) mass is 402 g/mol. The molecular weight excluding hydrogens is 384 g/mol. The van der Waals surface area contributed by atoms with Gasteiger partial charge < -0.3 is 19.9 Å². The van der Waals surface area contributed by atoms with Gasteiger partial charge in [-0.2, -0.15) is 5.10 Å². The molecule has 0 radical (unpaired) electrons. The van der Waals surface area contributed by atoms with Crippen molar-refractivity contribution in [3.05, 3.63) is 57.6 Å². The van der Waals surface area contributed by atoms with Crippen molar-refractivity contribution < 1.29 is 29.1 Å². The maximum absolute atomic E-state index is 12.1. The minimum atomic E-state index is -0.741. The van der Waals surface area contributed by atoms with Gasteiger partial charge >= 0.3 is 5.69 Å². The second-order valence-corrected chi connectivity index (χ2v) is 5.55. The fourth-order valence-electron chi connectivity index (χ4n) is 2.23. The first kappa shape index (κ1) is 21.2. The van der Waals surface area contributed by atoms with E-state index < -0.39 is 28.2 Å². The van der Waals surface area contributed by atoms with Gasteiger partial charge in [0.1, 0.15) is 0 Å². The second-order valence-electron chi connectivity index (χ2n) is 5.55. The van der Waals surface area contributed by atoms with Crippen LogP contribution in [0.2, 0.25) is 0 Å². The van der Waals surface area contributed by atoms with Gasteiger partial charge in [-0.3, -0.25) is 19.7 Å². The van der Waals surface area contributed by atoms with Crippen molar-refractivity contribution >= 4 is 23.7 Å². The van der Waals surface area contributed by atoms with E-state index >= 15 is 0 Å². The van der Waals surface area contributed by atoms with E-state index in [9.17, 15) is 24.8 Å². The number of ether oxygens (including phenoxy) is 2. The Labute approximate surface area is 165 Å². The van der Waals surface area contributed by atoms with E-state index in [0.29, 0.717) is 17.1 Å². The number of carbonyl (C=O) groups excluding carboxylic acids is 2. The molecule has 152 valence electrons. The van der Waals surface area contributed by atoms with Crippen LogP contribution in [0, 0.1) is 10.1 Å². The summed E-state index contributed by atoms with van der Waals surface area (Å²) in [5, 5.41) is 26.2. The van der Waals surface area contributed by atoms with Crippen LogP contribution in [0.1, 0.15) is 15.9 Å². The average Bonchev–Trinajstić information content (AvgIpc) is 2.72. The quantitative estimate of drug-likeness (QED) is 0.341. The molecule has 2 aromatic rings. The van der Waals surface area contributed by atoms with Crippen LogP contribution in [-0.2, 0) is 4.79 Å². The molecule has 0 unspecified atom stereocenters. The second kappa shape index (κ2) is 9.69. The van der Waals surface area contributed by atoms with Crippen LogP contribution in [0.25, 0.3) is 0 Å². The van der Waals surface area contributed by atoms with Crippen molar-refractivity contribution in [2.75, 3.05) is 20.8 Å². The van der Waals surface area contributed by atoms with E-state index in [1.54, 1.807) is 6.07 Å². The van der Waals surface area contributed by atoms with Crippen LogP contribution >= 0.6 is 0 Å². The highest BCUT2D eigenvalue weighted by molar-refractivity contribution is 5.97. The van der Waals surface area contributed by atoms with E-state index in [4.69, 9.17) is 9.47 Å². The summed E-state index contributed by atoms with van der Waals surface area (Å²) in [4.78, 5) is 34.0. The van der Waals surface area contributed by atoms with Crippen molar-refractivity contribution in [3.63, 3.8) is 0 Å². The summed E-state index contributed by atoms with van der Waals surface area (Å²) in [6.45, 7) is -0.347. The topological polar surface area (TPSA) is 152 Å². The molecular formula is C18H18N4O7. The zero-order valence-corrected chi connectivity index (χ0v) is 15.5. The normalized spacial score (nSPS) is 10.4. The van der Waals surface area contributed by atoms with Crippen LogP contribution in [0.15, 0.2) is 41.5 Å². The maximum atomic E-state index is 12.1. The number of carbonyl (C=O) groups is 2. The minimum Gasteiger partial charge on any atom is -0.502 e. The number of methoxy groups -OCH3 is 2. The SMILES string of the molecule is COc1ccc(C(=O)NCC(=O)N/N=C\c2ccc(O)c([N+](=O)[O-])c2)cc1OC. The van der Waals surface area contributed by atoms with Gasteiger partial charge in [-0.15, -0.1) is 0 Å². The van der Waals surface area contributed by atoms with Crippen LogP contribution in [-0.4, -0.2) is 48.8 Å². The highest BCUT2D eigenvalue weighted by Crippen LogP contribution is 2.27. The molecule has 0 spiro atoms. The highest BCUT2D eigenvalue weighted by Gasteiger charge is 2.13. The molecule has 0 atom stereocenters. The van der Waals surface area contributed by atoms with Crippen molar-refractivity contribution in [1.82, 2.24) is 10.7 Å². The summed E-state index contributed by atoms with van der Waals surface area (Å²) in [7, 11) is 2.91. The smallest absolute Gasteiger partial charge is 0.311 e. The number of phenols is 1. The number of nitrogens with zero attached hydrogens (tertiary/aromatic N) is 2. The largest absolute Gasteiger partial charge is 0.502 e. The first-order chi connectivity index (χ1) is 13.8. The van der Waals surface area contributed by atoms with Gasteiger partial charge in [0.25, 0.3) is 11.8 Å². The molecule has 11 nitrogen and oxygen atoms in total. The molecule has 2 rings (SSSR count). The third kappa shape index (κ3) is 5.66. The number of hydrazone groups is 1. The van der Waals surface area contributed by atoms with Crippen LogP contribution in [0.3, 0.4) is 0 Å². The summed E-state index contributed by atoms with van der Waals surface area (Å²) < 4.78 is 10.2. The molecule has 0 aliphatic heterocycles. The Balaban J connectivity index is 1.90. The first-order valence-corrected chi connectivity index (χ1v) is 8.15.